The molecule has 3 aromatic rings. The maximum absolute atomic E-state index is 13.3. The van der Waals surface area contributed by atoms with E-state index in [1.807, 2.05) is 34.5 Å². The molecule has 5 rings (SSSR count). The summed E-state index contributed by atoms with van der Waals surface area (Å²) in [6.45, 7) is 2.44. The normalized spacial score (nSPS) is 16.0. The van der Waals surface area contributed by atoms with Crippen LogP contribution in [0, 0.1) is 0 Å². The first-order valence-corrected chi connectivity index (χ1v) is 11.9. The smallest absolute Gasteiger partial charge is 0.416 e. The van der Waals surface area contributed by atoms with Crippen LogP contribution in [0.2, 0.25) is 0 Å². The lowest BCUT2D eigenvalue weighted by Crippen LogP contribution is -2.38. The number of fused-ring (bicyclic) bond motifs is 2. The minimum Gasteiger partial charge on any atom is -0.454 e. The van der Waals surface area contributed by atoms with Crippen molar-refractivity contribution >= 4 is 28.8 Å². The van der Waals surface area contributed by atoms with Crippen LogP contribution in [0.15, 0.2) is 65.0 Å². The second-order valence-electron chi connectivity index (χ2n) is 8.19. The number of hydrogen-bond acceptors (Lipinski definition) is 5. The fraction of sp³-hybridized carbons (Fsp3) is 0.280. The molecule has 0 N–H and O–H groups in total. The molecule has 5 nitrogen and oxygen atoms in total. The van der Waals surface area contributed by atoms with Crippen LogP contribution in [0.25, 0.3) is 0 Å². The molecular formula is C25H22F3N3O2S. The van der Waals surface area contributed by atoms with Gasteiger partial charge in [-0.05, 0) is 48.2 Å². The Morgan fingerprint density at radius 3 is 2.65 bits per heavy atom. The number of carbonyl (C=O) groups excluding carboxylic acids is 1. The zero-order valence-corrected chi connectivity index (χ0v) is 19.0. The van der Waals surface area contributed by atoms with Crippen molar-refractivity contribution in [2.75, 3.05) is 26.2 Å². The average molecular weight is 486 g/mol. The summed E-state index contributed by atoms with van der Waals surface area (Å²) in [5, 5.41) is 1.96. The quantitative estimate of drug-likeness (QED) is 0.466. The van der Waals surface area contributed by atoms with Gasteiger partial charge in [0.2, 0.25) is 5.91 Å². The molecule has 2 aliphatic heterocycles. The van der Waals surface area contributed by atoms with E-state index >= 15 is 0 Å². The van der Waals surface area contributed by atoms with Gasteiger partial charge >= 0.3 is 6.18 Å². The molecule has 3 heterocycles. The van der Waals surface area contributed by atoms with Crippen molar-refractivity contribution in [1.82, 2.24) is 9.80 Å². The average Bonchev–Trinajstić information content (AvgIpc) is 3.11. The van der Waals surface area contributed by atoms with E-state index in [-0.39, 0.29) is 11.7 Å². The van der Waals surface area contributed by atoms with Crippen LogP contribution in [-0.2, 0) is 17.4 Å². The van der Waals surface area contributed by atoms with Gasteiger partial charge in [0.1, 0.15) is 17.3 Å². The summed E-state index contributed by atoms with van der Waals surface area (Å²) in [5.74, 6) is 1.26. The molecule has 0 spiro atoms. The van der Waals surface area contributed by atoms with Gasteiger partial charge in [0, 0.05) is 31.1 Å². The molecule has 0 aliphatic carbocycles. The van der Waals surface area contributed by atoms with Crippen LogP contribution < -0.4 is 4.74 Å². The highest BCUT2D eigenvalue weighted by atomic mass is 32.1. The summed E-state index contributed by atoms with van der Waals surface area (Å²) in [5.41, 5.74) is 0.275. The third-order valence-corrected chi connectivity index (χ3v) is 6.79. The van der Waals surface area contributed by atoms with Gasteiger partial charge in [0.25, 0.3) is 0 Å². The van der Waals surface area contributed by atoms with E-state index in [4.69, 9.17) is 9.73 Å². The molecule has 1 amide bonds. The highest BCUT2D eigenvalue weighted by Crippen LogP contribution is 2.41. The maximum Gasteiger partial charge on any atom is 0.416 e. The SMILES string of the molecule is O=C(Cc1cccs1)N1CCCN(C2=Nc3ccc(C(F)(F)F)cc3Oc3ccccc32)CC1. The number of rotatable bonds is 2. The monoisotopic (exact) mass is 485 g/mol. The molecule has 1 saturated heterocycles. The number of aliphatic imine (C=N–C) groups is 1. The lowest BCUT2D eigenvalue weighted by atomic mass is 10.1. The number of ether oxygens (including phenoxy) is 1. The number of nitrogens with zero attached hydrogens (tertiary/aromatic N) is 3. The van der Waals surface area contributed by atoms with E-state index in [2.05, 4.69) is 4.90 Å². The van der Waals surface area contributed by atoms with Gasteiger partial charge in [-0.15, -0.1) is 11.3 Å². The van der Waals surface area contributed by atoms with Crippen molar-refractivity contribution < 1.29 is 22.7 Å². The van der Waals surface area contributed by atoms with Crippen LogP contribution >= 0.6 is 11.3 Å². The van der Waals surface area contributed by atoms with Gasteiger partial charge in [-0.2, -0.15) is 13.2 Å². The molecule has 0 radical (unpaired) electrons. The molecule has 0 unspecified atom stereocenters. The van der Waals surface area contributed by atoms with Crippen molar-refractivity contribution in [3.63, 3.8) is 0 Å². The van der Waals surface area contributed by atoms with Crippen LogP contribution in [0.5, 0.6) is 11.5 Å². The fourth-order valence-electron chi connectivity index (χ4n) is 4.19. The first kappa shape index (κ1) is 22.5. The second kappa shape index (κ2) is 9.13. The Morgan fingerprint density at radius 2 is 1.85 bits per heavy atom. The Kier molecular flexibility index (Phi) is 6.03. The van der Waals surface area contributed by atoms with Crippen LogP contribution in [-0.4, -0.2) is 47.7 Å². The van der Waals surface area contributed by atoms with Crippen LogP contribution in [0.4, 0.5) is 18.9 Å². The number of hydrogen-bond donors (Lipinski definition) is 0. The Hall–Kier alpha value is -3.33. The summed E-state index contributed by atoms with van der Waals surface area (Å²) < 4.78 is 45.7. The minimum atomic E-state index is -4.47. The van der Waals surface area contributed by atoms with Crippen molar-refractivity contribution in [2.24, 2.45) is 4.99 Å². The van der Waals surface area contributed by atoms with Crippen molar-refractivity contribution in [2.45, 2.75) is 19.0 Å². The van der Waals surface area contributed by atoms with Crippen molar-refractivity contribution in [1.29, 1.82) is 0 Å². The Balaban J connectivity index is 1.43. The summed E-state index contributed by atoms with van der Waals surface area (Å²) in [6, 6.07) is 14.5. The van der Waals surface area contributed by atoms with Gasteiger partial charge in [0.05, 0.1) is 17.5 Å². The zero-order chi connectivity index (χ0) is 23.7. The molecule has 0 bridgehead atoms. The number of para-hydroxylation sites is 1. The third kappa shape index (κ3) is 4.65. The van der Waals surface area contributed by atoms with Gasteiger partial charge < -0.3 is 14.5 Å². The number of alkyl halides is 3. The summed E-state index contributed by atoms with van der Waals surface area (Å²) in [7, 11) is 0. The number of amides is 1. The van der Waals surface area contributed by atoms with Crippen molar-refractivity contribution in [3.05, 3.63) is 76.0 Å². The molecule has 0 saturated carbocycles. The molecule has 1 aromatic heterocycles. The lowest BCUT2D eigenvalue weighted by molar-refractivity contribution is -0.137. The van der Waals surface area contributed by atoms with E-state index in [9.17, 15) is 18.0 Å². The van der Waals surface area contributed by atoms with E-state index in [0.717, 1.165) is 23.4 Å². The van der Waals surface area contributed by atoms with Crippen LogP contribution in [0.3, 0.4) is 0 Å². The molecular weight excluding hydrogens is 463 g/mol. The molecule has 34 heavy (non-hydrogen) atoms. The Bertz CT molecular complexity index is 1220. The second-order valence-corrected chi connectivity index (χ2v) is 9.22. The summed E-state index contributed by atoms with van der Waals surface area (Å²) in [4.78, 5) is 22.6. The van der Waals surface area contributed by atoms with Crippen molar-refractivity contribution in [3.8, 4) is 11.5 Å². The maximum atomic E-state index is 13.3. The predicted molar refractivity (Wildman–Crippen MR) is 125 cm³/mol. The Morgan fingerprint density at radius 1 is 1.00 bits per heavy atom. The topological polar surface area (TPSA) is 45.1 Å². The number of benzene rings is 2. The van der Waals surface area contributed by atoms with Crippen LogP contribution in [0.1, 0.15) is 22.4 Å². The molecule has 2 aromatic carbocycles. The van der Waals surface area contributed by atoms with E-state index in [1.54, 1.807) is 23.5 Å². The fourth-order valence-corrected chi connectivity index (χ4v) is 4.89. The molecule has 176 valence electrons. The Labute approximate surface area is 199 Å². The summed E-state index contributed by atoms with van der Waals surface area (Å²) >= 11 is 1.57. The van der Waals surface area contributed by atoms with E-state index in [0.29, 0.717) is 55.4 Å². The predicted octanol–water partition coefficient (Wildman–Crippen LogP) is 5.73. The minimum absolute atomic E-state index is 0.0693. The molecule has 2 aliphatic rings. The molecule has 0 atom stereocenters. The van der Waals surface area contributed by atoms with Gasteiger partial charge in [-0.3, -0.25) is 4.79 Å². The standard InChI is InChI=1S/C25H22F3N3O2S/c26-25(27,28)17-8-9-20-22(15-17)33-21-7-2-1-6-19(21)24(29-20)31-11-4-10-30(12-13-31)23(32)16-18-5-3-14-34-18/h1-3,5-9,14-15H,4,10-13,16H2. The van der Waals surface area contributed by atoms with E-state index < -0.39 is 11.7 Å². The number of amidine groups is 1. The summed E-state index contributed by atoms with van der Waals surface area (Å²) in [6.07, 6.45) is -3.32. The van der Waals surface area contributed by atoms with E-state index in [1.165, 1.54) is 6.07 Å². The number of thiophene rings is 1. The van der Waals surface area contributed by atoms with Gasteiger partial charge in [0.15, 0.2) is 5.75 Å². The first-order chi connectivity index (χ1) is 16.4. The third-order valence-electron chi connectivity index (χ3n) is 5.92. The van der Waals surface area contributed by atoms with Gasteiger partial charge in [-0.25, -0.2) is 4.99 Å². The largest absolute Gasteiger partial charge is 0.454 e. The highest BCUT2D eigenvalue weighted by Gasteiger charge is 2.32. The zero-order valence-electron chi connectivity index (χ0n) is 18.2. The molecule has 9 heteroatoms. The highest BCUT2D eigenvalue weighted by molar-refractivity contribution is 7.10. The first-order valence-electron chi connectivity index (χ1n) is 11.0. The molecule has 1 fully saturated rings. The number of halogens is 3. The number of carbonyl (C=O) groups is 1. The lowest BCUT2D eigenvalue weighted by Gasteiger charge is -2.25. The van der Waals surface area contributed by atoms with Gasteiger partial charge in [-0.1, -0.05) is 18.2 Å².